The van der Waals surface area contributed by atoms with Crippen molar-refractivity contribution in [3.8, 4) is 0 Å². The van der Waals surface area contributed by atoms with Crippen molar-refractivity contribution in [2.45, 2.75) is 52.0 Å². The minimum Gasteiger partial charge on any atom is -0.323 e. The number of aromatic amines is 1. The first-order chi connectivity index (χ1) is 9.15. The Morgan fingerprint density at radius 1 is 1.42 bits per heavy atom. The van der Waals surface area contributed by atoms with Crippen molar-refractivity contribution < 1.29 is 0 Å². The van der Waals surface area contributed by atoms with E-state index in [1.54, 1.807) is 4.57 Å². The lowest BCUT2D eigenvalue weighted by atomic mass is 10.1. The van der Waals surface area contributed by atoms with Gasteiger partial charge in [-0.15, -0.1) is 11.3 Å². The van der Waals surface area contributed by atoms with Crippen molar-refractivity contribution in [2.24, 2.45) is 0 Å². The molecule has 2 rings (SSSR count). The Morgan fingerprint density at radius 3 is 2.95 bits per heavy atom. The van der Waals surface area contributed by atoms with E-state index in [0.717, 1.165) is 23.1 Å². The molecule has 1 N–H and O–H groups in total. The van der Waals surface area contributed by atoms with Crippen LogP contribution in [0.4, 0.5) is 0 Å². The quantitative estimate of drug-likeness (QED) is 0.622. The summed E-state index contributed by atoms with van der Waals surface area (Å²) in [6.07, 6.45) is 5.88. The van der Waals surface area contributed by atoms with Gasteiger partial charge in [0.05, 0.1) is 5.39 Å². The molecule has 104 valence electrons. The number of nitrogens with zero attached hydrogens (tertiary/aromatic N) is 1. The lowest BCUT2D eigenvalue weighted by Crippen LogP contribution is -2.24. The van der Waals surface area contributed by atoms with Crippen molar-refractivity contribution >= 4 is 33.8 Å². The Morgan fingerprint density at radius 2 is 2.21 bits per heavy atom. The Bertz CT molecular complexity index is 653. The number of nitrogens with one attached hydrogen (secondary N) is 1. The van der Waals surface area contributed by atoms with Crippen LogP contribution < -0.4 is 5.56 Å². The van der Waals surface area contributed by atoms with Gasteiger partial charge in [-0.25, -0.2) is 0 Å². The average Bonchev–Trinajstić information content (AvgIpc) is 2.83. The number of rotatable bonds is 6. The summed E-state index contributed by atoms with van der Waals surface area (Å²) in [5.41, 5.74) is 0.0444. The Hall–Kier alpha value is -0.940. The number of aromatic nitrogens is 2. The van der Waals surface area contributed by atoms with Gasteiger partial charge in [-0.2, -0.15) is 0 Å². The van der Waals surface area contributed by atoms with Crippen molar-refractivity contribution in [3.05, 3.63) is 26.6 Å². The van der Waals surface area contributed by atoms with Gasteiger partial charge in [0.1, 0.15) is 4.83 Å². The van der Waals surface area contributed by atoms with E-state index < -0.39 is 0 Å². The fourth-order valence-electron chi connectivity index (χ4n) is 2.35. The van der Waals surface area contributed by atoms with Crippen molar-refractivity contribution in [3.63, 3.8) is 0 Å². The molecule has 0 fully saturated rings. The maximum Gasteiger partial charge on any atom is 0.263 e. The third-order valence-electron chi connectivity index (χ3n) is 3.47. The van der Waals surface area contributed by atoms with E-state index >= 15 is 0 Å². The molecule has 2 heterocycles. The van der Waals surface area contributed by atoms with Gasteiger partial charge in [0.15, 0.2) is 4.77 Å². The molecular weight excluding hydrogens is 276 g/mol. The zero-order chi connectivity index (χ0) is 13.8. The first-order valence-electron chi connectivity index (χ1n) is 6.87. The van der Waals surface area contributed by atoms with E-state index in [-0.39, 0.29) is 11.6 Å². The molecule has 3 nitrogen and oxygen atoms in total. The van der Waals surface area contributed by atoms with Crippen LogP contribution in [0, 0.1) is 4.77 Å². The van der Waals surface area contributed by atoms with E-state index in [4.69, 9.17) is 12.2 Å². The van der Waals surface area contributed by atoms with E-state index in [1.807, 2.05) is 11.4 Å². The molecule has 0 saturated heterocycles. The normalized spacial score (nSPS) is 12.9. The maximum atomic E-state index is 12.4. The first kappa shape index (κ1) is 14.5. The Labute approximate surface area is 122 Å². The topological polar surface area (TPSA) is 37.8 Å². The monoisotopic (exact) mass is 296 g/mol. The molecule has 2 aromatic heterocycles. The lowest BCUT2D eigenvalue weighted by molar-refractivity contribution is 0.455. The molecule has 0 aliphatic carbocycles. The zero-order valence-corrected chi connectivity index (χ0v) is 13.1. The van der Waals surface area contributed by atoms with Crippen LogP contribution in [-0.2, 0) is 0 Å². The lowest BCUT2D eigenvalue weighted by Gasteiger charge is -2.15. The van der Waals surface area contributed by atoms with E-state index in [0.29, 0.717) is 4.77 Å². The van der Waals surface area contributed by atoms with Gasteiger partial charge in [-0.05, 0) is 37.0 Å². The second-order valence-corrected chi connectivity index (χ2v) is 6.27. The molecule has 1 unspecified atom stereocenters. The SMILES string of the molecule is CCCCCCC(C)n1c(=S)[nH]c2sccc2c1=O. The summed E-state index contributed by atoms with van der Waals surface area (Å²) < 4.78 is 2.28. The highest BCUT2D eigenvalue weighted by molar-refractivity contribution is 7.71. The van der Waals surface area contributed by atoms with Crippen LogP contribution in [0.15, 0.2) is 16.2 Å². The second kappa shape index (κ2) is 6.48. The Balaban J connectivity index is 2.24. The number of thiophene rings is 1. The number of hydrogen-bond acceptors (Lipinski definition) is 3. The summed E-state index contributed by atoms with van der Waals surface area (Å²) in [7, 11) is 0. The second-order valence-electron chi connectivity index (χ2n) is 4.97. The van der Waals surface area contributed by atoms with Gasteiger partial charge >= 0.3 is 0 Å². The van der Waals surface area contributed by atoms with Crippen LogP contribution in [0.2, 0.25) is 0 Å². The highest BCUT2D eigenvalue weighted by Gasteiger charge is 2.12. The zero-order valence-electron chi connectivity index (χ0n) is 11.4. The molecule has 19 heavy (non-hydrogen) atoms. The molecule has 1 atom stereocenters. The van der Waals surface area contributed by atoms with Gasteiger partial charge in [-0.1, -0.05) is 32.6 Å². The van der Waals surface area contributed by atoms with Crippen LogP contribution in [-0.4, -0.2) is 9.55 Å². The smallest absolute Gasteiger partial charge is 0.263 e. The van der Waals surface area contributed by atoms with Gasteiger partial charge in [0, 0.05) is 6.04 Å². The summed E-state index contributed by atoms with van der Waals surface area (Å²) in [5, 5.41) is 2.67. The molecule has 2 aromatic rings. The molecule has 0 radical (unpaired) electrons. The van der Waals surface area contributed by atoms with Crippen molar-refractivity contribution in [1.82, 2.24) is 9.55 Å². The van der Waals surface area contributed by atoms with Crippen LogP contribution >= 0.6 is 23.6 Å². The van der Waals surface area contributed by atoms with Gasteiger partial charge in [-0.3, -0.25) is 9.36 Å². The van der Waals surface area contributed by atoms with Crippen LogP contribution in [0.5, 0.6) is 0 Å². The van der Waals surface area contributed by atoms with Crippen molar-refractivity contribution in [1.29, 1.82) is 0 Å². The maximum absolute atomic E-state index is 12.4. The summed E-state index contributed by atoms with van der Waals surface area (Å²) in [6, 6.07) is 2.03. The summed E-state index contributed by atoms with van der Waals surface area (Å²) >= 11 is 6.85. The van der Waals surface area contributed by atoms with Crippen LogP contribution in [0.3, 0.4) is 0 Å². The molecule has 0 spiro atoms. The standard InChI is InChI=1S/C14H20N2OS2/c1-3-4-5-6-7-10(2)16-13(17)11-8-9-19-12(11)15-14(16)18/h8-10H,3-7H2,1-2H3,(H,15,18). The molecular formula is C14H20N2OS2. The summed E-state index contributed by atoms with van der Waals surface area (Å²) in [4.78, 5) is 16.5. The number of hydrogen-bond donors (Lipinski definition) is 1. The van der Waals surface area contributed by atoms with Crippen LogP contribution in [0.25, 0.3) is 10.2 Å². The fourth-order valence-corrected chi connectivity index (χ4v) is 3.56. The third kappa shape index (κ3) is 3.15. The predicted molar refractivity (Wildman–Crippen MR) is 84.7 cm³/mol. The molecule has 0 aliphatic rings. The fraction of sp³-hybridized carbons (Fsp3) is 0.571. The molecule has 5 heteroatoms. The van der Waals surface area contributed by atoms with Crippen LogP contribution in [0.1, 0.15) is 52.0 Å². The van der Waals surface area contributed by atoms with E-state index in [1.165, 1.54) is 30.6 Å². The molecule has 0 aromatic carbocycles. The largest absolute Gasteiger partial charge is 0.323 e. The highest BCUT2D eigenvalue weighted by Crippen LogP contribution is 2.18. The molecule has 0 bridgehead atoms. The highest BCUT2D eigenvalue weighted by atomic mass is 32.1. The molecule has 0 amide bonds. The average molecular weight is 296 g/mol. The van der Waals surface area contributed by atoms with Gasteiger partial charge in [0.25, 0.3) is 5.56 Å². The third-order valence-corrected chi connectivity index (χ3v) is 4.60. The first-order valence-corrected chi connectivity index (χ1v) is 8.16. The van der Waals surface area contributed by atoms with E-state index in [9.17, 15) is 4.79 Å². The molecule has 0 saturated carbocycles. The summed E-state index contributed by atoms with van der Waals surface area (Å²) in [6.45, 7) is 4.28. The number of unbranched alkanes of at least 4 members (excludes halogenated alkanes) is 3. The predicted octanol–water partition coefficient (Wildman–Crippen LogP) is 4.65. The minimum atomic E-state index is 0.0444. The Kier molecular flexibility index (Phi) is 4.93. The molecule has 0 aliphatic heterocycles. The number of fused-ring (bicyclic) bond motifs is 1. The van der Waals surface area contributed by atoms with E-state index in [2.05, 4.69) is 18.8 Å². The minimum absolute atomic E-state index is 0.0444. The summed E-state index contributed by atoms with van der Waals surface area (Å²) in [5.74, 6) is 0. The number of H-pyrrole nitrogens is 1. The van der Waals surface area contributed by atoms with Gasteiger partial charge in [0.2, 0.25) is 0 Å². The van der Waals surface area contributed by atoms with Crippen molar-refractivity contribution in [2.75, 3.05) is 0 Å². The van der Waals surface area contributed by atoms with Gasteiger partial charge < -0.3 is 4.98 Å².